The molecule has 0 bridgehead atoms. The molecule has 0 amide bonds. The number of benzene rings is 2. The normalized spacial score (nSPS) is 11.3. The average molecular weight is 376 g/mol. The Morgan fingerprint density at radius 3 is 2.65 bits per heavy atom. The molecule has 0 atom stereocenters. The van der Waals surface area contributed by atoms with E-state index in [0.717, 1.165) is 35.2 Å². The number of nitrogens with zero attached hydrogens (tertiary/aromatic N) is 1. The summed E-state index contributed by atoms with van der Waals surface area (Å²) in [5.74, 6) is 1.34. The first-order valence-electron chi connectivity index (χ1n) is 7.60. The third-order valence-corrected chi connectivity index (χ3v) is 4.10. The minimum absolute atomic E-state index is 0.481. The topological polar surface area (TPSA) is 59.6 Å². The van der Waals surface area contributed by atoms with Crippen LogP contribution in [0.4, 0.5) is 0 Å². The summed E-state index contributed by atoms with van der Waals surface area (Å²) in [6.07, 6.45) is 1.71. The Morgan fingerprint density at radius 2 is 1.91 bits per heavy atom. The molecule has 122 valence electrons. The Morgan fingerprint density at radius 1 is 1.13 bits per heavy atom. The van der Waals surface area contributed by atoms with E-state index in [9.17, 15) is 0 Å². The minimum atomic E-state index is 0.481. The first kappa shape index (κ1) is 17.3. The molecule has 0 saturated heterocycles. The molecule has 23 heavy (non-hydrogen) atoms. The van der Waals surface area contributed by atoms with Crippen LogP contribution in [0.15, 0.2) is 58.0 Å². The number of nitrogens with two attached hydrogens (primary N) is 1. The molecule has 2 rings (SSSR count). The molecule has 0 aliphatic heterocycles. The van der Waals surface area contributed by atoms with E-state index in [2.05, 4.69) is 38.4 Å². The van der Waals surface area contributed by atoms with E-state index in [1.165, 1.54) is 5.56 Å². The molecule has 3 N–H and O–H groups in total. The van der Waals surface area contributed by atoms with Crippen molar-refractivity contribution in [2.45, 2.75) is 12.8 Å². The van der Waals surface area contributed by atoms with Crippen LogP contribution >= 0.6 is 15.9 Å². The molecule has 5 heteroatoms. The van der Waals surface area contributed by atoms with Crippen molar-refractivity contribution in [3.8, 4) is 5.75 Å². The number of methoxy groups -OCH3 is 1. The lowest BCUT2D eigenvalue weighted by Gasteiger charge is -2.09. The SMILES string of the molecule is COc1c(Br)cccc1CCN=C(N)NCCc1ccccc1. The third kappa shape index (κ3) is 5.60. The van der Waals surface area contributed by atoms with E-state index in [0.29, 0.717) is 12.5 Å². The van der Waals surface area contributed by atoms with Crippen LogP contribution in [0.25, 0.3) is 0 Å². The van der Waals surface area contributed by atoms with Gasteiger partial charge in [-0.05, 0) is 46.0 Å². The van der Waals surface area contributed by atoms with Crippen LogP contribution < -0.4 is 15.8 Å². The molecule has 2 aromatic rings. The lowest BCUT2D eigenvalue weighted by molar-refractivity contribution is 0.407. The fourth-order valence-corrected chi connectivity index (χ4v) is 2.88. The van der Waals surface area contributed by atoms with Crippen molar-refractivity contribution in [2.75, 3.05) is 20.2 Å². The predicted molar refractivity (Wildman–Crippen MR) is 99.0 cm³/mol. The van der Waals surface area contributed by atoms with Gasteiger partial charge in [-0.2, -0.15) is 0 Å². The lowest BCUT2D eigenvalue weighted by Crippen LogP contribution is -2.33. The number of aliphatic imine (C=N–C) groups is 1. The summed E-state index contributed by atoms with van der Waals surface area (Å²) in [5.41, 5.74) is 8.30. The number of ether oxygens (including phenoxy) is 1. The zero-order valence-corrected chi connectivity index (χ0v) is 14.8. The Balaban J connectivity index is 1.78. The highest BCUT2D eigenvalue weighted by molar-refractivity contribution is 9.10. The number of nitrogens with one attached hydrogen (secondary N) is 1. The molecule has 0 saturated carbocycles. The van der Waals surface area contributed by atoms with Crippen molar-refractivity contribution in [1.29, 1.82) is 0 Å². The van der Waals surface area contributed by atoms with E-state index in [1.807, 2.05) is 36.4 Å². The molecule has 0 spiro atoms. The molecule has 4 nitrogen and oxygen atoms in total. The summed E-state index contributed by atoms with van der Waals surface area (Å²) >= 11 is 3.49. The Hall–Kier alpha value is -2.01. The van der Waals surface area contributed by atoms with Gasteiger partial charge in [0.25, 0.3) is 0 Å². The fourth-order valence-electron chi connectivity index (χ4n) is 2.31. The number of para-hydroxylation sites is 1. The van der Waals surface area contributed by atoms with E-state index in [1.54, 1.807) is 7.11 Å². The maximum absolute atomic E-state index is 5.90. The van der Waals surface area contributed by atoms with E-state index in [-0.39, 0.29) is 0 Å². The highest BCUT2D eigenvalue weighted by atomic mass is 79.9. The molecule has 0 aromatic heterocycles. The molecule has 0 radical (unpaired) electrons. The van der Waals surface area contributed by atoms with Gasteiger partial charge in [0, 0.05) is 13.1 Å². The molecule has 0 unspecified atom stereocenters. The molecule has 2 aromatic carbocycles. The Kier molecular flexibility index (Phi) is 6.94. The van der Waals surface area contributed by atoms with Crippen molar-refractivity contribution in [2.24, 2.45) is 10.7 Å². The van der Waals surface area contributed by atoms with Gasteiger partial charge in [-0.3, -0.25) is 4.99 Å². The number of halogens is 1. The summed E-state index contributed by atoms with van der Waals surface area (Å²) in [6, 6.07) is 16.3. The van der Waals surface area contributed by atoms with E-state index in [4.69, 9.17) is 10.5 Å². The zero-order valence-electron chi connectivity index (χ0n) is 13.3. The number of hydrogen-bond donors (Lipinski definition) is 2. The molecule has 0 aliphatic rings. The fraction of sp³-hybridized carbons (Fsp3) is 0.278. The summed E-state index contributed by atoms with van der Waals surface area (Å²) in [6.45, 7) is 1.40. The number of guanidine groups is 1. The van der Waals surface area contributed by atoms with Gasteiger partial charge in [0.05, 0.1) is 11.6 Å². The third-order valence-electron chi connectivity index (χ3n) is 3.48. The second kappa shape index (κ2) is 9.20. The first-order valence-corrected chi connectivity index (χ1v) is 8.39. The smallest absolute Gasteiger partial charge is 0.188 e. The Labute approximate surface area is 145 Å². The molecule has 0 fully saturated rings. The van der Waals surface area contributed by atoms with Crippen LogP contribution in [0.2, 0.25) is 0 Å². The van der Waals surface area contributed by atoms with Gasteiger partial charge in [-0.25, -0.2) is 0 Å². The van der Waals surface area contributed by atoms with Crippen molar-refractivity contribution in [1.82, 2.24) is 5.32 Å². The average Bonchev–Trinajstić information content (AvgIpc) is 2.56. The highest BCUT2D eigenvalue weighted by Crippen LogP contribution is 2.28. The van der Waals surface area contributed by atoms with Gasteiger partial charge in [-0.15, -0.1) is 0 Å². The molecular weight excluding hydrogens is 354 g/mol. The second-order valence-corrected chi connectivity index (χ2v) is 5.97. The van der Waals surface area contributed by atoms with Gasteiger partial charge in [-0.1, -0.05) is 42.5 Å². The highest BCUT2D eigenvalue weighted by Gasteiger charge is 2.06. The van der Waals surface area contributed by atoms with Gasteiger partial charge in [0.15, 0.2) is 5.96 Å². The molecular formula is C18H22BrN3O. The number of hydrogen-bond acceptors (Lipinski definition) is 2. The van der Waals surface area contributed by atoms with Crippen LogP contribution in [0.3, 0.4) is 0 Å². The maximum Gasteiger partial charge on any atom is 0.188 e. The van der Waals surface area contributed by atoms with Gasteiger partial charge < -0.3 is 15.8 Å². The maximum atomic E-state index is 5.90. The Bertz CT molecular complexity index is 644. The van der Waals surface area contributed by atoms with Crippen molar-refractivity contribution < 1.29 is 4.74 Å². The van der Waals surface area contributed by atoms with Crippen LogP contribution in [-0.2, 0) is 12.8 Å². The quantitative estimate of drug-likeness (QED) is 0.577. The van der Waals surface area contributed by atoms with E-state index >= 15 is 0 Å². The van der Waals surface area contributed by atoms with Gasteiger partial charge in [0.1, 0.15) is 5.75 Å². The lowest BCUT2D eigenvalue weighted by atomic mass is 10.1. The van der Waals surface area contributed by atoms with Crippen LogP contribution in [0, 0.1) is 0 Å². The van der Waals surface area contributed by atoms with E-state index < -0.39 is 0 Å². The monoisotopic (exact) mass is 375 g/mol. The van der Waals surface area contributed by atoms with Gasteiger partial charge in [0.2, 0.25) is 0 Å². The second-order valence-electron chi connectivity index (χ2n) is 5.11. The molecule has 0 aliphatic carbocycles. The summed E-state index contributed by atoms with van der Waals surface area (Å²) < 4.78 is 6.36. The van der Waals surface area contributed by atoms with Crippen LogP contribution in [0.5, 0.6) is 5.75 Å². The standard InChI is InChI=1S/C18H22BrN3O/c1-23-17-15(8-5-9-16(17)19)11-13-22-18(20)21-12-10-14-6-3-2-4-7-14/h2-9H,10-13H2,1H3,(H3,20,21,22). The largest absolute Gasteiger partial charge is 0.495 e. The number of rotatable bonds is 7. The molecule has 0 heterocycles. The first-order chi connectivity index (χ1) is 11.2. The van der Waals surface area contributed by atoms with Crippen molar-refractivity contribution in [3.05, 3.63) is 64.1 Å². The van der Waals surface area contributed by atoms with Crippen LogP contribution in [-0.4, -0.2) is 26.2 Å². The summed E-state index contributed by atoms with van der Waals surface area (Å²) in [5, 5.41) is 3.14. The zero-order chi connectivity index (χ0) is 16.5. The van der Waals surface area contributed by atoms with Gasteiger partial charge >= 0.3 is 0 Å². The van der Waals surface area contributed by atoms with Crippen molar-refractivity contribution >= 4 is 21.9 Å². The summed E-state index contributed by atoms with van der Waals surface area (Å²) in [4.78, 5) is 4.37. The minimum Gasteiger partial charge on any atom is -0.495 e. The summed E-state index contributed by atoms with van der Waals surface area (Å²) in [7, 11) is 1.67. The van der Waals surface area contributed by atoms with Crippen LogP contribution in [0.1, 0.15) is 11.1 Å². The van der Waals surface area contributed by atoms with Crippen molar-refractivity contribution in [3.63, 3.8) is 0 Å². The predicted octanol–water partition coefficient (Wildman–Crippen LogP) is 3.15.